The first kappa shape index (κ1) is 21.9. The summed E-state index contributed by atoms with van der Waals surface area (Å²) in [6.07, 6.45) is 2.08. The zero-order valence-corrected chi connectivity index (χ0v) is 18.6. The van der Waals surface area contributed by atoms with Gasteiger partial charge in [-0.3, -0.25) is 4.79 Å². The first-order valence-corrected chi connectivity index (χ1v) is 11.1. The van der Waals surface area contributed by atoms with Crippen molar-refractivity contribution < 1.29 is 23.1 Å². The molecule has 2 aliphatic rings. The Morgan fingerprint density at radius 1 is 1.06 bits per heavy atom. The number of urea groups is 1. The zero-order chi connectivity index (χ0) is 23.8. The van der Waals surface area contributed by atoms with Gasteiger partial charge in [0.1, 0.15) is 5.75 Å². The number of fused-ring (bicyclic) bond motifs is 1. The molecule has 1 saturated heterocycles. The van der Waals surface area contributed by atoms with Gasteiger partial charge in [0, 0.05) is 43.6 Å². The van der Waals surface area contributed by atoms with Crippen LogP contribution in [0.3, 0.4) is 0 Å². The van der Waals surface area contributed by atoms with E-state index in [0.29, 0.717) is 30.9 Å². The minimum atomic E-state index is -0.960. The first-order valence-electron chi connectivity index (χ1n) is 11.1. The van der Waals surface area contributed by atoms with E-state index < -0.39 is 17.7 Å². The smallest absolute Gasteiger partial charge is 0.318 e. The number of ether oxygens (including phenoxy) is 1. The molecule has 0 radical (unpaired) electrons. The number of methoxy groups -OCH3 is 1. The lowest BCUT2D eigenvalue weighted by atomic mass is 10.00. The SMILES string of the molecule is COc1ccc(N2CC(NC(=O)N3CCn4cccc4C3c3ccc(F)c(F)c3)CC2=O)cc1. The van der Waals surface area contributed by atoms with Gasteiger partial charge in [0.2, 0.25) is 5.91 Å². The Hall–Kier alpha value is -3.88. The van der Waals surface area contributed by atoms with Gasteiger partial charge >= 0.3 is 6.03 Å². The number of carbonyl (C=O) groups excluding carboxylic acids is 2. The van der Waals surface area contributed by atoms with Crippen molar-refractivity contribution in [1.29, 1.82) is 0 Å². The molecule has 3 amide bonds. The minimum Gasteiger partial charge on any atom is -0.497 e. The summed E-state index contributed by atoms with van der Waals surface area (Å²) in [6, 6.07) is 13.3. The average molecular weight is 466 g/mol. The second kappa shape index (κ2) is 8.81. The quantitative estimate of drug-likeness (QED) is 0.638. The van der Waals surface area contributed by atoms with Gasteiger partial charge in [0.25, 0.3) is 0 Å². The van der Waals surface area contributed by atoms with Gasteiger partial charge in [0.05, 0.1) is 19.2 Å². The molecule has 5 rings (SSSR count). The molecule has 3 heterocycles. The van der Waals surface area contributed by atoms with Crippen LogP contribution in [-0.2, 0) is 11.3 Å². The third-order valence-corrected chi connectivity index (χ3v) is 6.40. The van der Waals surface area contributed by atoms with E-state index in [2.05, 4.69) is 5.32 Å². The highest BCUT2D eigenvalue weighted by atomic mass is 19.2. The maximum Gasteiger partial charge on any atom is 0.318 e. The predicted octanol–water partition coefficient (Wildman–Crippen LogP) is 3.70. The Bertz CT molecular complexity index is 1230. The lowest BCUT2D eigenvalue weighted by Gasteiger charge is -2.37. The summed E-state index contributed by atoms with van der Waals surface area (Å²) in [6.45, 7) is 1.31. The van der Waals surface area contributed by atoms with Gasteiger partial charge in [0.15, 0.2) is 11.6 Å². The molecule has 3 aromatic rings. The number of nitrogens with one attached hydrogen (secondary N) is 1. The molecule has 34 heavy (non-hydrogen) atoms. The van der Waals surface area contributed by atoms with Crippen molar-refractivity contribution in [1.82, 2.24) is 14.8 Å². The summed E-state index contributed by atoms with van der Waals surface area (Å²) in [7, 11) is 1.58. The largest absolute Gasteiger partial charge is 0.497 e. The number of anilines is 1. The maximum absolute atomic E-state index is 14.0. The van der Waals surface area contributed by atoms with Crippen LogP contribution in [0.5, 0.6) is 5.75 Å². The highest BCUT2D eigenvalue weighted by molar-refractivity contribution is 5.96. The molecule has 0 spiro atoms. The third-order valence-electron chi connectivity index (χ3n) is 6.40. The molecule has 2 aliphatic heterocycles. The number of carbonyl (C=O) groups is 2. The van der Waals surface area contributed by atoms with Gasteiger partial charge in [-0.1, -0.05) is 6.07 Å². The fourth-order valence-corrected chi connectivity index (χ4v) is 4.71. The fourth-order valence-electron chi connectivity index (χ4n) is 4.71. The summed E-state index contributed by atoms with van der Waals surface area (Å²) < 4.78 is 34.8. The number of amides is 3. The second-order valence-electron chi connectivity index (χ2n) is 8.45. The van der Waals surface area contributed by atoms with Gasteiger partial charge in [-0.15, -0.1) is 0 Å². The van der Waals surface area contributed by atoms with Gasteiger partial charge in [-0.25, -0.2) is 13.6 Å². The number of hydrogen-bond donors (Lipinski definition) is 1. The minimum absolute atomic E-state index is 0.0832. The van der Waals surface area contributed by atoms with Crippen LogP contribution in [-0.4, -0.2) is 47.6 Å². The van der Waals surface area contributed by atoms with E-state index in [4.69, 9.17) is 4.74 Å². The van der Waals surface area contributed by atoms with Crippen molar-refractivity contribution in [3.05, 3.63) is 83.7 Å². The van der Waals surface area contributed by atoms with Crippen molar-refractivity contribution in [3.8, 4) is 5.75 Å². The van der Waals surface area contributed by atoms with Gasteiger partial charge in [-0.05, 0) is 54.1 Å². The van der Waals surface area contributed by atoms with Crippen molar-refractivity contribution in [3.63, 3.8) is 0 Å². The summed E-state index contributed by atoms with van der Waals surface area (Å²) in [5.41, 5.74) is 2.03. The highest BCUT2D eigenvalue weighted by Crippen LogP contribution is 2.33. The maximum atomic E-state index is 14.0. The van der Waals surface area contributed by atoms with E-state index in [1.807, 2.05) is 22.9 Å². The van der Waals surface area contributed by atoms with E-state index in [0.717, 1.165) is 23.5 Å². The number of rotatable bonds is 4. The fraction of sp³-hybridized carbons (Fsp3) is 0.280. The van der Waals surface area contributed by atoms with Crippen molar-refractivity contribution in [2.75, 3.05) is 25.1 Å². The van der Waals surface area contributed by atoms with Crippen LogP contribution < -0.4 is 15.0 Å². The van der Waals surface area contributed by atoms with Crippen LogP contribution in [0.25, 0.3) is 0 Å². The Morgan fingerprint density at radius 3 is 2.59 bits per heavy atom. The van der Waals surface area contributed by atoms with E-state index >= 15 is 0 Å². The molecule has 9 heteroatoms. The molecule has 7 nitrogen and oxygen atoms in total. The molecular formula is C25H24F2N4O3. The number of hydrogen-bond acceptors (Lipinski definition) is 3. The Labute approximate surface area is 195 Å². The molecule has 0 saturated carbocycles. The van der Waals surface area contributed by atoms with Gasteiger partial charge < -0.3 is 24.4 Å². The normalized spacial score (nSPS) is 19.8. The van der Waals surface area contributed by atoms with E-state index in [-0.39, 0.29) is 24.4 Å². The third kappa shape index (κ3) is 3.98. The lowest BCUT2D eigenvalue weighted by Crippen LogP contribution is -2.50. The summed E-state index contributed by atoms with van der Waals surface area (Å²) >= 11 is 0. The Kier molecular flexibility index (Phi) is 5.69. The van der Waals surface area contributed by atoms with Crippen LogP contribution in [0.15, 0.2) is 60.8 Å². The standard InChI is InChI=1S/C25H24F2N4O3/c1-34-19-7-5-18(6-8-19)31-15-17(14-23(31)32)28-25(33)30-12-11-29-10-2-3-22(29)24(30)16-4-9-20(26)21(27)13-16/h2-10,13,17,24H,11-12,14-15H2,1H3,(H,28,33). The topological polar surface area (TPSA) is 66.8 Å². The summed E-state index contributed by atoms with van der Waals surface area (Å²) in [4.78, 5) is 29.2. The van der Waals surface area contributed by atoms with Crippen LogP contribution >= 0.6 is 0 Å². The average Bonchev–Trinajstić information content (AvgIpc) is 3.46. The van der Waals surface area contributed by atoms with E-state index in [9.17, 15) is 18.4 Å². The molecule has 2 aromatic carbocycles. The molecule has 0 aliphatic carbocycles. The summed E-state index contributed by atoms with van der Waals surface area (Å²) in [5, 5.41) is 2.97. The molecular weight excluding hydrogens is 442 g/mol. The number of nitrogens with zero attached hydrogens (tertiary/aromatic N) is 3. The van der Waals surface area contributed by atoms with Crippen molar-refractivity contribution in [2.45, 2.75) is 25.0 Å². The van der Waals surface area contributed by atoms with E-state index in [1.165, 1.54) is 6.07 Å². The van der Waals surface area contributed by atoms with Crippen LogP contribution in [0.4, 0.5) is 19.3 Å². The van der Waals surface area contributed by atoms with Crippen LogP contribution in [0, 0.1) is 11.6 Å². The van der Waals surface area contributed by atoms with Crippen molar-refractivity contribution in [2.24, 2.45) is 0 Å². The number of benzene rings is 2. The monoisotopic (exact) mass is 466 g/mol. The van der Waals surface area contributed by atoms with E-state index in [1.54, 1.807) is 41.2 Å². The van der Waals surface area contributed by atoms with Crippen molar-refractivity contribution >= 4 is 17.6 Å². The molecule has 1 aromatic heterocycles. The zero-order valence-electron chi connectivity index (χ0n) is 18.6. The Balaban J connectivity index is 1.35. The van der Waals surface area contributed by atoms with Crippen LogP contribution in [0.2, 0.25) is 0 Å². The second-order valence-corrected chi connectivity index (χ2v) is 8.45. The molecule has 2 atom stereocenters. The molecule has 0 bridgehead atoms. The van der Waals surface area contributed by atoms with Crippen LogP contribution in [0.1, 0.15) is 23.7 Å². The number of aromatic nitrogens is 1. The molecule has 1 N–H and O–H groups in total. The highest BCUT2D eigenvalue weighted by Gasteiger charge is 2.36. The summed E-state index contributed by atoms with van der Waals surface area (Å²) in [5.74, 6) is -1.29. The Morgan fingerprint density at radius 2 is 1.85 bits per heavy atom. The lowest BCUT2D eigenvalue weighted by molar-refractivity contribution is -0.117. The molecule has 1 fully saturated rings. The first-order chi connectivity index (χ1) is 16.4. The number of halogens is 2. The van der Waals surface area contributed by atoms with Gasteiger partial charge in [-0.2, -0.15) is 0 Å². The predicted molar refractivity (Wildman–Crippen MR) is 122 cm³/mol. The molecule has 176 valence electrons. The molecule has 2 unspecified atom stereocenters.